The van der Waals surface area contributed by atoms with Crippen molar-refractivity contribution in [3.8, 4) is 5.69 Å². The number of amides is 2. The predicted octanol–water partition coefficient (Wildman–Crippen LogP) is 6.10. The summed E-state index contributed by atoms with van der Waals surface area (Å²) in [6.45, 7) is 13.2. The largest absolute Gasteiger partial charge is 0.333 e. The van der Waals surface area contributed by atoms with Crippen molar-refractivity contribution in [1.29, 1.82) is 0 Å². The molecule has 0 saturated heterocycles. The number of para-hydroxylation sites is 1. The van der Waals surface area contributed by atoms with E-state index in [1.165, 1.54) is 5.56 Å². The molecule has 2 amide bonds. The van der Waals surface area contributed by atoms with Crippen molar-refractivity contribution in [3.63, 3.8) is 0 Å². The summed E-state index contributed by atoms with van der Waals surface area (Å²) in [4.78, 5) is 28.6. The van der Waals surface area contributed by atoms with Crippen molar-refractivity contribution in [2.24, 2.45) is 11.8 Å². The van der Waals surface area contributed by atoms with Gasteiger partial charge in [0.2, 0.25) is 11.8 Å². The van der Waals surface area contributed by atoms with Crippen molar-refractivity contribution in [3.05, 3.63) is 77.5 Å². The van der Waals surface area contributed by atoms with Crippen LogP contribution >= 0.6 is 0 Å². The number of anilines is 1. The number of rotatable bonds is 9. The Labute approximate surface area is 221 Å². The summed E-state index contributed by atoms with van der Waals surface area (Å²) in [6.07, 6.45) is 1.70. The Hall–Kier alpha value is -3.41. The average Bonchev–Trinajstić information content (AvgIpc) is 3.54. The molecule has 0 bridgehead atoms. The van der Waals surface area contributed by atoms with Crippen LogP contribution in [-0.2, 0) is 15.0 Å². The lowest BCUT2D eigenvalue weighted by molar-refractivity contribution is -0.136. The highest BCUT2D eigenvalue weighted by Crippen LogP contribution is 2.48. The maximum Gasteiger partial charge on any atom is 0.245 e. The van der Waals surface area contributed by atoms with Gasteiger partial charge in [-0.3, -0.25) is 9.59 Å². The average molecular weight is 501 g/mol. The smallest absolute Gasteiger partial charge is 0.245 e. The first-order valence-corrected chi connectivity index (χ1v) is 13.3. The predicted molar refractivity (Wildman–Crippen MR) is 149 cm³/mol. The second kappa shape index (κ2) is 10.9. The van der Waals surface area contributed by atoms with Crippen LogP contribution in [0.25, 0.3) is 5.69 Å². The highest BCUT2D eigenvalue weighted by atomic mass is 16.2. The van der Waals surface area contributed by atoms with Gasteiger partial charge in [-0.2, -0.15) is 5.10 Å². The van der Waals surface area contributed by atoms with E-state index in [4.69, 9.17) is 5.10 Å². The Morgan fingerprint density at radius 3 is 2.41 bits per heavy atom. The number of aryl methyl sites for hydroxylation is 1. The zero-order valence-corrected chi connectivity index (χ0v) is 23.0. The lowest BCUT2D eigenvalue weighted by atomic mass is 9.92. The monoisotopic (exact) mass is 500 g/mol. The molecule has 4 rings (SSSR count). The topological polar surface area (TPSA) is 67.2 Å². The molecule has 1 heterocycles. The number of carbonyl (C=O) groups is 2. The molecule has 6 nitrogen and oxygen atoms in total. The van der Waals surface area contributed by atoms with Crippen LogP contribution in [0.3, 0.4) is 0 Å². The first-order valence-electron chi connectivity index (χ1n) is 13.3. The molecule has 1 fully saturated rings. The molecule has 1 N–H and O–H groups in total. The molecular formula is C31H40N4O2. The molecule has 2 unspecified atom stereocenters. The molecule has 3 aromatic rings. The summed E-state index contributed by atoms with van der Waals surface area (Å²) in [5, 5.41) is 7.91. The normalized spacial score (nSPS) is 17.1. The number of benzene rings is 2. The van der Waals surface area contributed by atoms with E-state index >= 15 is 0 Å². The minimum atomic E-state index is -0.204. The van der Waals surface area contributed by atoms with Crippen LogP contribution in [0.5, 0.6) is 0 Å². The van der Waals surface area contributed by atoms with Crippen LogP contribution in [-0.4, -0.2) is 39.6 Å². The first kappa shape index (κ1) is 26.6. The molecule has 37 heavy (non-hydrogen) atoms. The Morgan fingerprint density at radius 2 is 1.76 bits per heavy atom. The van der Waals surface area contributed by atoms with Crippen molar-refractivity contribution in [1.82, 2.24) is 14.7 Å². The third-order valence-electron chi connectivity index (χ3n) is 7.05. The zero-order chi connectivity index (χ0) is 26.7. The maximum absolute atomic E-state index is 13.5. The van der Waals surface area contributed by atoms with Crippen molar-refractivity contribution >= 4 is 17.6 Å². The highest BCUT2D eigenvalue weighted by molar-refractivity contribution is 5.95. The van der Waals surface area contributed by atoms with E-state index in [0.717, 1.165) is 29.8 Å². The Kier molecular flexibility index (Phi) is 7.86. The fourth-order valence-electron chi connectivity index (χ4n) is 4.63. The van der Waals surface area contributed by atoms with Gasteiger partial charge in [-0.25, -0.2) is 4.68 Å². The summed E-state index contributed by atoms with van der Waals surface area (Å²) in [7, 11) is 0. The van der Waals surface area contributed by atoms with E-state index in [2.05, 4.69) is 52.1 Å². The second-order valence-electron chi connectivity index (χ2n) is 11.7. The fourth-order valence-corrected chi connectivity index (χ4v) is 4.63. The van der Waals surface area contributed by atoms with Gasteiger partial charge < -0.3 is 10.2 Å². The van der Waals surface area contributed by atoms with Gasteiger partial charge in [0.1, 0.15) is 5.82 Å². The molecule has 2 aromatic carbocycles. The van der Waals surface area contributed by atoms with E-state index in [1.54, 1.807) is 9.58 Å². The number of aromatic nitrogens is 2. The number of carbonyl (C=O) groups excluding carboxylic acids is 2. The van der Waals surface area contributed by atoms with E-state index < -0.39 is 0 Å². The number of nitrogens with zero attached hydrogens (tertiary/aromatic N) is 3. The number of hydrogen-bond acceptors (Lipinski definition) is 3. The third kappa shape index (κ3) is 6.48. The standard InChI is InChI=1S/C31H40N4O2/c1-21(2)16-17-34(30(37)25-18-24(25)23-13-8-7-9-14-23)20-29(36)32-28-19-27(31(4,5)6)33-35(28)26-15-11-10-12-22(26)3/h7-15,19,21,24-25H,16-18,20H2,1-6H3,(H,32,36). The molecule has 0 aliphatic heterocycles. The van der Waals surface area contributed by atoms with E-state index in [-0.39, 0.29) is 35.6 Å². The summed E-state index contributed by atoms with van der Waals surface area (Å²) >= 11 is 0. The molecule has 1 aromatic heterocycles. The summed E-state index contributed by atoms with van der Waals surface area (Å²) in [5.74, 6) is 1.13. The molecule has 196 valence electrons. The van der Waals surface area contributed by atoms with Gasteiger partial charge in [0, 0.05) is 23.9 Å². The van der Waals surface area contributed by atoms with Crippen molar-refractivity contribution in [2.45, 2.75) is 65.7 Å². The van der Waals surface area contributed by atoms with Crippen LogP contribution in [0.1, 0.15) is 70.2 Å². The third-order valence-corrected chi connectivity index (χ3v) is 7.05. The lowest BCUT2D eigenvalue weighted by Crippen LogP contribution is -2.40. The molecule has 2 atom stereocenters. The molecule has 0 spiro atoms. The molecular weight excluding hydrogens is 460 g/mol. The van der Waals surface area contributed by atoms with Crippen molar-refractivity contribution < 1.29 is 9.59 Å². The number of hydrogen-bond donors (Lipinski definition) is 1. The van der Waals surface area contributed by atoms with Gasteiger partial charge in [-0.15, -0.1) is 0 Å². The second-order valence-corrected chi connectivity index (χ2v) is 11.7. The van der Waals surface area contributed by atoms with Gasteiger partial charge in [-0.1, -0.05) is 83.1 Å². The Bertz CT molecular complexity index is 1240. The van der Waals surface area contributed by atoms with Crippen LogP contribution in [0.2, 0.25) is 0 Å². The zero-order valence-electron chi connectivity index (χ0n) is 23.0. The van der Waals surface area contributed by atoms with Gasteiger partial charge in [0.15, 0.2) is 0 Å². The van der Waals surface area contributed by atoms with Crippen LogP contribution in [0, 0.1) is 18.8 Å². The van der Waals surface area contributed by atoms with E-state index in [1.807, 2.05) is 55.5 Å². The molecule has 0 radical (unpaired) electrons. The van der Waals surface area contributed by atoms with Crippen LogP contribution < -0.4 is 5.32 Å². The summed E-state index contributed by atoms with van der Waals surface area (Å²) in [5.41, 5.74) is 3.90. The van der Waals surface area contributed by atoms with Crippen molar-refractivity contribution in [2.75, 3.05) is 18.4 Å². The Balaban J connectivity index is 1.53. The Morgan fingerprint density at radius 1 is 1.08 bits per heavy atom. The molecule has 1 saturated carbocycles. The number of nitrogens with one attached hydrogen (secondary N) is 1. The first-order chi connectivity index (χ1) is 17.5. The van der Waals surface area contributed by atoms with Gasteiger partial charge in [0.25, 0.3) is 0 Å². The van der Waals surface area contributed by atoms with Crippen LogP contribution in [0.4, 0.5) is 5.82 Å². The quantitative estimate of drug-likeness (QED) is 0.386. The van der Waals surface area contributed by atoms with E-state index in [0.29, 0.717) is 18.3 Å². The van der Waals surface area contributed by atoms with Crippen LogP contribution in [0.15, 0.2) is 60.7 Å². The SMILES string of the molecule is Cc1ccccc1-n1nc(C(C)(C)C)cc1NC(=O)CN(CCC(C)C)C(=O)C1CC1c1ccccc1. The lowest BCUT2D eigenvalue weighted by Gasteiger charge is -2.23. The maximum atomic E-state index is 13.5. The minimum Gasteiger partial charge on any atom is -0.333 e. The van der Waals surface area contributed by atoms with Gasteiger partial charge >= 0.3 is 0 Å². The highest BCUT2D eigenvalue weighted by Gasteiger charge is 2.45. The summed E-state index contributed by atoms with van der Waals surface area (Å²) in [6, 6.07) is 20.1. The summed E-state index contributed by atoms with van der Waals surface area (Å²) < 4.78 is 1.81. The molecule has 1 aliphatic carbocycles. The van der Waals surface area contributed by atoms with Gasteiger partial charge in [-0.05, 0) is 48.8 Å². The molecule has 6 heteroatoms. The fraction of sp³-hybridized carbons (Fsp3) is 0.452. The van der Waals surface area contributed by atoms with Gasteiger partial charge in [0.05, 0.1) is 17.9 Å². The molecule has 1 aliphatic rings. The van der Waals surface area contributed by atoms with E-state index in [9.17, 15) is 9.59 Å². The minimum absolute atomic E-state index is 0.0351.